The lowest BCUT2D eigenvalue weighted by molar-refractivity contribution is -0.126. The topological polar surface area (TPSA) is 38.3 Å². The van der Waals surface area contributed by atoms with Gasteiger partial charge in [0.2, 0.25) is 0 Å². The number of hydrogen-bond donors (Lipinski definition) is 1. The summed E-state index contributed by atoms with van der Waals surface area (Å²) in [5.74, 6) is -0.157. The smallest absolute Gasteiger partial charge is 0.258 e. The van der Waals surface area contributed by atoms with E-state index >= 15 is 0 Å². The highest BCUT2D eigenvalue weighted by Gasteiger charge is 2.19. The van der Waals surface area contributed by atoms with Gasteiger partial charge in [0, 0.05) is 12.8 Å². The van der Waals surface area contributed by atoms with Gasteiger partial charge < -0.3 is 10.1 Å². The van der Waals surface area contributed by atoms with Crippen LogP contribution in [0.3, 0.4) is 0 Å². The van der Waals surface area contributed by atoms with Gasteiger partial charge in [0.1, 0.15) is 0 Å². The molecule has 0 bridgehead atoms. The molecule has 0 aliphatic carbocycles. The molecule has 1 N–H and O–H groups in total. The second-order valence-electron chi connectivity index (χ2n) is 5.32. The zero-order valence-corrected chi connectivity index (χ0v) is 13.2. The fourth-order valence-corrected chi connectivity index (χ4v) is 2.37. The van der Waals surface area contributed by atoms with Crippen molar-refractivity contribution in [3.63, 3.8) is 0 Å². The van der Waals surface area contributed by atoms with E-state index in [1.807, 2.05) is 42.5 Å². The third-order valence-corrected chi connectivity index (χ3v) is 3.62. The molecular weight excluding hydrogens is 274 g/mol. The maximum absolute atomic E-state index is 12.4. The van der Waals surface area contributed by atoms with E-state index in [9.17, 15) is 4.79 Å². The summed E-state index contributed by atoms with van der Waals surface area (Å²) < 4.78 is 5.34. The molecule has 1 atom stereocenters. The normalized spacial score (nSPS) is 11.9. The van der Waals surface area contributed by atoms with Gasteiger partial charge in [-0.3, -0.25) is 4.79 Å². The van der Waals surface area contributed by atoms with Gasteiger partial charge in [-0.2, -0.15) is 0 Å². The predicted octanol–water partition coefficient (Wildman–Crippen LogP) is 4.36. The molecule has 2 aromatic carbocycles. The summed E-state index contributed by atoms with van der Waals surface area (Å²) in [7, 11) is 1.55. The maximum atomic E-state index is 12.4. The molecule has 1 unspecified atom stereocenters. The lowest BCUT2D eigenvalue weighted by Gasteiger charge is -2.15. The zero-order chi connectivity index (χ0) is 15.8. The lowest BCUT2D eigenvalue weighted by atomic mass is 10.1. The van der Waals surface area contributed by atoms with Crippen LogP contribution in [0.25, 0.3) is 0 Å². The Hall–Kier alpha value is -2.13. The molecule has 3 heteroatoms. The van der Waals surface area contributed by atoms with Gasteiger partial charge in [0.25, 0.3) is 5.91 Å². The molecule has 0 radical (unpaired) electrons. The molecule has 22 heavy (non-hydrogen) atoms. The Balaban J connectivity index is 2.01. The zero-order valence-electron chi connectivity index (χ0n) is 13.2. The first-order valence-corrected chi connectivity index (χ1v) is 7.72. The van der Waals surface area contributed by atoms with Crippen molar-refractivity contribution in [2.45, 2.75) is 32.3 Å². The number of anilines is 1. The summed E-state index contributed by atoms with van der Waals surface area (Å²) in [6, 6.07) is 17.5. The number of nitrogens with one attached hydrogen (secondary N) is 1. The second kappa shape index (κ2) is 8.35. The number of unbranched alkanes of at least 4 members (excludes halogenated alkanes) is 1. The van der Waals surface area contributed by atoms with E-state index in [0.717, 1.165) is 17.7 Å². The molecule has 0 aliphatic rings. The van der Waals surface area contributed by atoms with Crippen molar-refractivity contribution >= 4 is 11.6 Å². The molecular formula is C19H23NO2. The highest BCUT2D eigenvalue weighted by Crippen LogP contribution is 2.19. The molecule has 0 saturated carbocycles. The summed E-state index contributed by atoms with van der Waals surface area (Å²) in [5.41, 5.74) is 2.94. The molecule has 0 heterocycles. The molecule has 0 fully saturated rings. The summed E-state index contributed by atoms with van der Waals surface area (Å²) >= 11 is 0. The minimum Gasteiger partial charge on any atom is -0.367 e. The molecule has 0 aliphatic heterocycles. The number of carbonyl (C=O) groups is 1. The van der Waals surface area contributed by atoms with Gasteiger partial charge in [-0.25, -0.2) is 0 Å². The van der Waals surface area contributed by atoms with Crippen LogP contribution >= 0.6 is 0 Å². The minimum atomic E-state index is -0.596. The molecule has 0 spiro atoms. The number of carbonyl (C=O) groups excluding carboxylic acids is 1. The van der Waals surface area contributed by atoms with Crippen LogP contribution in [0, 0.1) is 0 Å². The van der Waals surface area contributed by atoms with Crippen molar-refractivity contribution < 1.29 is 9.53 Å². The van der Waals surface area contributed by atoms with Crippen LogP contribution in [0.1, 0.15) is 37.0 Å². The SMILES string of the molecule is CCCCc1ccc(NC(=O)C(OC)c2ccccc2)cc1. The van der Waals surface area contributed by atoms with Gasteiger partial charge in [0.05, 0.1) is 0 Å². The Morgan fingerprint density at radius 1 is 1.09 bits per heavy atom. The monoisotopic (exact) mass is 297 g/mol. The quantitative estimate of drug-likeness (QED) is 0.825. The van der Waals surface area contributed by atoms with Crippen molar-refractivity contribution in [2.24, 2.45) is 0 Å². The Bertz CT molecular complexity index is 578. The number of ether oxygens (including phenoxy) is 1. The van der Waals surface area contributed by atoms with Crippen LogP contribution in [-0.2, 0) is 16.0 Å². The second-order valence-corrected chi connectivity index (χ2v) is 5.32. The van der Waals surface area contributed by atoms with Crippen molar-refractivity contribution in [1.82, 2.24) is 0 Å². The van der Waals surface area contributed by atoms with E-state index in [1.165, 1.54) is 18.4 Å². The van der Waals surface area contributed by atoms with E-state index in [-0.39, 0.29) is 5.91 Å². The van der Waals surface area contributed by atoms with E-state index < -0.39 is 6.10 Å². The number of methoxy groups -OCH3 is 1. The average Bonchev–Trinajstić information content (AvgIpc) is 2.56. The van der Waals surface area contributed by atoms with Gasteiger partial charge in [-0.15, -0.1) is 0 Å². The fraction of sp³-hybridized carbons (Fsp3) is 0.316. The van der Waals surface area contributed by atoms with E-state index in [2.05, 4.69) is 24.4 Å². The molecule has 0 aromatic heterocycles. The van der Waals surface area contributed by atoms with E-state index in [0.29, 0.717) is 0 Å². The Labute approximate surface area is 132 Å². The summed E-state index contributed by atoms with van der Waals surface area (Å²) in [5, 5.41) is 2.91. The summed E-state index contributed by atoms with van der Waals surface area (Å²) in [4.78, 5) is 12.4. The van der Waals surface area contributed by atoms with Crippen LogP contribution in [0.4, 0.5) is 5.69 Å². The molecule has 116 valence electrons. The summed E-state index contributed by atoms with van der Waals surface area (Å²) in [6.45, 7) is 2.18. The Morgan fingerprint density at radius 2 is 1.77 bits per heavy atom. The predicted molar refractivity (Wildman–Crippen MR) is 89.9 cm³/mol. The van der Waals surface area contributed by atoms with Gasteiger partial charge >= 0.3 is 0 Å². The molecule has 2 rings (SSSR count). The molecule has 0 saturated heterocycles. The standard InChI is InChI=1S/C19H23NO2/c1-3-4-8-15-11-13-17(14-12-15)20-19(21)18(22-2)16-9-6-5-7-10-16/h5-7,9-14,18H,3-4,8H2,1-2H3,(H,20,21). The van der Waals surface area contributed by atoms with Crippen molar-refractivity contribution in [3.05, 3.63) is 65.7 Å². The fourth-order valence-electron chi connectivity index (χ4n) is 2.37. The number of benzene rings is 2. The number of rotatable bonds is 7. The number of aryl methyl sites for hydroxylation is 1. The first-order valence-electron chi connectivity index (χ1n) is 7.72. The van der Waals surface area contributed by atoms with Crippen LogP contribution in [0.5, 0.6) is 0 Å². The van der Waals surface area contributed by atoms with Crippen LogP contribution in [-0.4, -0.2) is 13.0 Å². The highest BCUT2D eigenvalue weighted by atomic mass is 16.5. The average molecular weight is 297 g/mol. The third kappa shape index (κ3) is 4.43. The van der Waals surface area contributed by atoms with Gasteiger partial charge in [-0.05, 0) is 36.1 Å². The Kier molecular flexibility index (Phi) is 6.16. The third-order valence-electron chi connectivity index (χ3n) is 3.62. The number of amides is 1. The minimum absolute atomic E-state index is 0.157. The van der Waals surface area contributed by atoms with Gasteiger partial charge in [-0.1, -0.05) is 55.8 Å². The largest absolute Gasteiger partial charge is 0.367 e. The van der Waals surface area contributed by atoms with Crippen LogP contribution < -0.4 is 5.32 Å². The first-order chi connectivity index (χ1) is 10.7. The first kappa shape index (κ1) is 16.2. The van der Waals surface area contributed by atoms with Crippen molar-refractivity contribution in [1.29, 1.82) is 0 Å². The molecule has 1 amide bonds. The maximum Gasteiger partial charge on any atom is 0.258 e. The van der Waals surface area contributed by atoms with E-state index in [4.69, 9.17) is 4.74 Å². The lowest BCUT2D eigenvalue weighted by Crippen LogP contribution is -2.22. The van der Waals surface area contributed by atoms with E-state index in [1.54, 1.807) is 7.11 Å². The summed E-state index contributed by atoms with van der Waals surface area (Å²) in [6.07, 6.45) is 2.85. The highest BCUT2D eigenvalue weighted by molar-refractivity contribution is 5.94. The van der Waals surface area contributed by atoms with Crippen LogP contribution in [0.15, 0.2) is 54.6 Å². The van der Waals surface area contributed by atoms with Crippen molar-refractivity contribution in [3.8, 4) is 0 Å². The van der Waals surface area contributed by atoms with Crippen molar-refractivity contribution in [2.75, 3.05) is 12.4 Å². The van der Waals surface area contributed by atoms with Crippen LogP contribution in [0.2, 0.25) is 0 Å². The number of hydrogen-bond acceptors (Lipinski definition) is 2. The molecule has 3 nitrogen and oxygen atoms in total. The Morgan fingerprint density at radius 3 is 2.36 bits per heavy atom. The van der Waals surface area contributed by atoms with Gasteiger partial charge in [0.15, 0.2) is 6.10 Å². The molecule has 2 aromatic rings.